The molecule has 5 nitrogen and oxygen atoms in total. The van der Waals surface area contributed by atoms with Crippen molar-refractivity contribution < 1.29 is 9.13 Å². The molecule has 1 aromatic heterocycles. The van der Waals surface area contributed by atoms with Crippen LogP contribution >= 0.6 is 12.6 Å². The molecule has 0 aromatic carbocycles. The van der Waals surface area contributed by atoms with Crippen LogP contribution in [0.5, 0.6) is 0 Å². The van der Waals surface area contributed by atoms with Gasteiger partial charge in [-0.25, -0.2) is 9.18 Å². The molecule has 16 heavy (non-hydrogen) atoms. The van der Waals surface area contributed by atoms with E-state index in [0.29, 0.717) is 5.75 Å². The molecule has 0 radical (unpaired) electrons. The lowest BCUT2D eigenvalue weighted by atomic mass is 10.4. The molecule has 2 atom stereocenters. The standard InChI is InChI=1S/C9H10FN3O2S/c10-6-3-5(4-16)15-8(6)13-2-1-7(11)12-9(13)14/h1-3,5,8,16H,4H2,(H2,11,12,14)/t5-,8+/m0/s1. The van der Waals surface area contributed by atoms with E-state index in [0.717, 1.165) is 4.57 Å². The van der Waals surface area contributed by atoms with E-state index >= 15 is 0 Å². The van der Waals surface area contributed by atoms with Gasteiger partial charge in [0.05, 0.1) is 6.10 Å². The Hall–Kier alpha value is -1.34. The Bertz CT molecular complexity index is 488. The summed E-state index contributed by atoms with van der Waals surface area (Å²) in [5.41, 5.74) is 4.68. The smallest absolute Gasteiger partial charge is 0.351 e. The van der Waals surface area contributed by atoms with Crippen LogP contribution < -0.4 is 11.4 Å². The Balaban J connectivity index is 2.33. The third-order valence-corrected chi connectivity index (χ3v) is 2.53. The predicted molar refractivity (Wildman–Crippen MR) is 59.9 cm³/mol. The van der Waals surface area contributed by atoms with E-state index in [1.165, 1.54) is 18.3 Å². The fraction of sp³-hybridized carbons (Fsp3) is 0.333. The molecular formula is C9H10FN3O2S. The Morgan fingerprint density at radius 1 is 1.69 bits per heavy atom. The zero-order chi connectivity index (χ0) is 11.7. The van der Waals surface area contributed by atoms with Crippen LogP contribution in [0, 0.1) is 0 Å². The average molecular weight is 243 g/mol. The number of hydrogen-bond donors (Lipinski definition) is 2. The third-order valence-electron chi connectivity index (χ3n) is 2.17. The normalized spacial score (nSPS) is 24.5. The highest BCUT2D eigenvalue weighted by molar-refractivity contribution is 7.80. The summed E-state index contributed by atoms with van der Waals surface area (Å²) in [6.07, 6.45) is 1.15. The molecule has 1 aliphatic heterocycles. The van der Waals surface area contributed by atoms with Crippen molar-refractivity contribution >= 4 is 18.4 Å². The van der Waals surface area contributed by atoms with E-state index in [1.807, 2.05) is 0 Å². The van der Waals surface area contributed by atoms with Gasteiger partial charge >= 0.3 is 5.69 Å². The van der Waals surface area contributed by atoms with Crippen molar-refractivity contribution in [3.63, 3.8) is 0 Å². The molecule has 2 rings (SSSR count). The predicted octanol–water partition coefficient (Wildman–Crippen LogP) is 0.506. The van der Waals surface area contributed by atoms with E-state index < -0.39 is 23.8 Å². The lowest BCUT2D eigenvalue weighted by Crippen LogP contribution is -2.28. The van der Waals surface area contributed by atoms with E-state index in [1.54, 1.807) is 0 Å². The van der Waals surface area contributed by atoms with Gasteiger partial charge in [0.2, 0.25) is 0 Å². The van der Waals surface area contributed by atoms with Gasteiger partial charge in [-0.05, 0) is 12.1 Å². The van der Waals surface area contributed by atoms with Crippen LogP contribution in [0.2, 0.25) is 0 Å². The monoisotopic (exact) mass is 243 g/mol. The van der Waals surface area contributed by atoms with Gasteiger partial charge in [0.25, 0.3) is 0 Å². The van der Waals surface area contributed by atoms with Crippen LogP contribution in [0.4, 0.5) is 10.2 Å². The number of nitrogens with two attached hydrogens (primary N) is 1. The minimum absolute atomic E-state index is 0.0920. The average Bonchev–Trinajstić information content (AvgIpc) is 2.60. The molecule has 0 bridgehead atoms. The highest BCUT2D eigenvalue weighted by Gasteiger charge is 2.29. The molecule has 0 saturated carbocycles. The number of nitrogens with zero attached hydrogens (tertiary/aromatic N) is 2. The van der Waals surface area contributed by atoms with Crippen molar-refractivity contribution in [2.45, 2.75) is 12.3 Å². The topological polar surface area (TPSA) is 70.1 Å². The first-order chi connectivity index (χ1) is 7.61. The summed E-state index contributed by atoms with van der Waals surface area (Å²) in [4.78, 5) is 14.9. The summed E-state index contributed by atoms with van der Waals surface area (Å²) in [5.74, 6) is -0.0803. The number of aromatic nitrogens is 2. The van der Waals surface area contributed by atoms with Crippen molar-refractivity contribution in [2.75, 3.05) is 11.5 Å². The summed E-state index contributed by atoms with van der Waals surface area (Å²) in [6, 6.07) is 1.41. The molecule has 0 spiro atoms. The summed E-state index contributed by atoms with van der Waals surface area (Å²) >= 11 is 3.99. The first-order valence-corrected chi connectivity index (χ1v) is 5.23. The van der Waals surface area contributed by atoms with Crippen LogP contribution in [0.25, 0.3) is 0 Å². The molecule has 0 unspecified atom stereocenters. The maximum absolute atomic E-state index is 13.5. The van der Waals surface area contributed by atoms with Gasteiger partial charge in [0.15, 0.2) is 6.23 Å². The van der Waals surface area contributed by atoms with Crippen molar-refractivity contribution in [3.8, 4) is 0 Å². The molecule has 0 fully saturated rings. The van der Waals surface area contributed by atoms with Crippen LogP contribution in [0.15, 0.2) is 29.0 Å². The number of rotatable bonds is 2. The van der Waals surface area contributed by atoms with Gasteiger partial charge < -0.3 is 10.5 Å². The van der Waals surface area contributed by atoms with Crippen molar-refractivity contribution in [3.05, 3.63) is 34.7 Å². The van der Waals surface area contributed by atoms with Crippen LogP contribution in [0.1, 0.15) is 6.23 Å². The first-order valence-electron chi connectivity index (χ1n) is 4.60. The Kier molecular flexibility index (Phi) is 2.97. The lowest BCUT2D eigenvalue weighted by molar-refractivity contribution is 0.0114. The van der Waals surface area contributed by atoms with Gasteiger partial charge in [-0.2, -0.15) is 17.6 Å². The summed E-state index contributed by atoms with van der Waals surface area (Å²) in [7, 11) is 0. The van der Waals surface area contributed by atoms with E-state index in [-0.39, 0.29) is 5.82 Å². The number of halogens is 1. The quantitative estimate of drug-likeness (QED) is 0.742. The number of nitrogen functional groups attached to an aromatic ring is 1. The lowest BCUT2D eigenvalue weighted by Gasteiger charge is -2.15. The summed E-state index contributed by atoms with van der Waals surface area (Å²) < 4.78 is 19.8. The van der Waals surface area contributed by atoms with Crippen LogP contribution in [-0.2, 0) is 4.74 Å². The van der Waals surface area contributed by atoms with E-state index in [9.17, 15) is 9.18 Å². The third kappa shape index (κ3) is 1.96. The SMILES string of the molecule is Nc1ccn([C@@H]2O[C@H](CS)C=C2F)c(=O)n1. The maximum atomic E-state index is 13.5. The molecule has 0 amide bonds. The highest BCUT2D eigenvalue weighted by atomic mass is 32.1. The molecule has 2 N–H and O–H groups in total. The fourth-order valence-corrected chi connectivity index (χ4v) is 1.62. The summed E-state index contributed by atoms with van der Waals surface area (Å²) in [6.45, 7) is 0. The number of ether oxygens (including phenoxy) is 1. The Morgan fingerprint density at radius 2 is 2.44 bits per heavy atom. The zero-order valence-electron chi connectivity index (χ0n) is 8.21. The van der Waals surface area contributed by atoms with Gasteiger partial charge in [-0.3, -0.25) is 4.57 Å². The molecule has 0 aliphatic carbocycles. The second-order valence-electron chi connectivity index (χ2n) is 3.30. The molecule has 0 saturated heterocycles. The maximum Gasteiger partial charge on any atom is 0.351 e. The van der Waals surface area contributed by atoms with Crippen LogP contribution in [0.3, 0.4) is 0 Å². The molecular weight excluding hydrogens is 233 g/mol. The van der Waals surface area contributed by atoms with Gasteiger partial charge in [0, 0.05) is 11.9 Å². The highest BCUT2D eigenvalue weighted by Crippen LogP contribution is 2.28. The fourth-order valence-electron chi connectivity index (χ4n) is 1.43. The zero-order valence-corrected chi connectivity index (χ0v) is 9.10. The minimum atomic E-state index is -1.06. The second kappa shape index (κ2) is 4.26. The van der Waals surface area contributed by atoms with Gasteiger partial charge in [0.1, 0.15) is 11.6 Å². The van der Waals surface area contributed by atoms with Crippen LogP contribution in [-0.4, -0.2) is 21.4 Å². The number of thiol groups is 1. The van der Waals surface area contributed by atoms with E-state index in [4.69, 9.17) is 10.5 Å². The molecule has 7 heteroatoms. The van der Waals surface area contributed by atoms with Gasteiger partial charge in [-0.15, -0.1) is 0 Å². The largest absolute Gasteiger partial charge is 0.383 e. The molecule has 86 valence electrons. The number of anilines is 1. The van der Waals surface area contributed by atoms with Crippen molar-refractivity contribution in [2.24, 2.45) is 0 Å². The number of hydrogen-bond acceptors (Lipinski definition) is 5. The van der Waals surface area contributed by atoms with E-state index in [2.05, 4.69) is 17.6 Å². The minimum Gasteiger partial charge on any atom is -0.383 e. The Morgan fingerprint density at radius 3 is 3.00 bits per heavy atom. The second-order valence-corrected chi connectivity index (χ2v) is 3.67. The molecule has 1 aromatic rings. The Labute approximate surface area is 96.1 Å². The van der Waals surface area contributed by atoms with Gasteiger partial charge in [-0.1, -0.05) is 0 Å². The van der Waals surface area contributed by atoms with Crippen molar-refractivity contribution in [1.29, 1.82) is 0 Å². The molecule has 2 heterocycles. The van der Waals surface area contributed by atoms with Crippen molar-refractivity contribution in [1.82, 2.24) is 9.55 Å². The molecule has 1 aliphatic rings. The first kappa shape index (κ1) is 11.2. The summed E-state index contributed by atoms with van der Waals surface area (Å²) in [5, 5.41) is 0.